The fraction of sp³-hybridized carbons (Fsp3) is 0.950. The van der Waals surface area contributed by atoms with Gasteiger partial charge in [0.25, 0.3) is 0 Å². The molecule has 0 aromatic rings. The zero-order chi connectivity index (χ0) is 19.0. The Labute approximate surface area is 154 Å². The average molecular weight is 368 g/mol. The van der Waals surface area contributed by atoms with Crippen LogP contribution < -0.4 is 0 Å². The number of aliphatic hydroxyl groups excluding tert-OH is 2. The van der Waals surface area contributed by atoms with E-state index in [1.54, 1.807) is 0 Å². The second-order valence-electron chi connectivity index (χ2n) is 9.80. The van der Waals surface area contributed by atoms with Crippen molar-refractivity contribution in [3.63, 3.8) is 0 Å². The Hall–Kier alpha value is -0.690. The molecule has 4 aliphatic carbocycles. The number of carboxylic acid groups (broad SMARTS) is 1. The molecule has 0 aromatic heterocycles. The molecule has 26 heavy (non-hydrogen) atoms. The fourth-order valence-corrected chi connectivity index (χ4v) is 7.73. The van der Waals surface area contributed by atoms with E-state index in [4.69, 9.17) is 0 Å². The van der Waals surface area contributed by atoms with Crippen molar-refractivity contribution in [1.82, 2.24) is 0 Å². The summed E-state index contributed by atoms with van der Waals surface area (Å²) in [4.78, 5) is 11.8. The lowest BCUT2D eigenvalue weighted by atomic mass is 9.41. The van der Waals surface area contributed by atoms with Gasteiger partial charge >= 0.3 is 5.97 Å². The molecule has 4 rings (SSSR count). The molecule has 4 saturated carbocycles. The Morgan fingerprint density at radius 3 is 2.35 bits per heavy atom. The van der Waals surface area contributed by atoms with Crippen molar-refractivity contribution in [2.45, 2.75) is 82.0 Å². The van der Waals surface area contributed by atoms with Gasteiger partial charge in [0, 0.05) is 17.3 Å². The highest BCUT2D eigenvalue weighted by Gasteiger charge is 2.71. The second-order valence-corrected chi connectivity index (χ2v) is 9.80. The van der Waals surface area contributed by atoms with E-state index in [9.17, 15) is 30.3 Å². The summed E-state index contributed by atoms with van der Waals surface area (Å²) in [5.74, 6) is -1.50. The van der Waals surface area contributed by atoms with Crippen LogP contribution in [0, 0.1) is 28.6 Å². The lowest BCUT2D eigenvalue weighted by Crippen LogP contribution is -2.69. The van der Waals surface area contributed by atoms with Gasteiger partial charge in [0.05, 0.1) is 29.8 Å². The molecule has 8 atom stereocenters. The summed E-state index contributed by atoms with van der Waals surface area (Å²) in [6.07, 6.45) is 4.19. The topological polar surface area (TPSA) is 118 Å². The van der Waals surface area contributed by atoms with Gasteiger partial charge in [-0.05, 0) is 63.2 Å². The zero-order valence-corrected chi connectivity index (χ0v) is 15.5. The molecular formula is C20H32O6. The Bertz CT molecular complexity index is 609. The predicted molar refractivity (Wildman–Crippen MR) is 93.2 cm³/mol. The maximum absolute atomic E-state index is 11.8. The number of hydrogen-bond acceptors (Lipinski definition) is 5. The van der Waals surface area contributed by atoms with Crippen LogP contribution >= 0.6 is 0 Å². The Morgan fingerprint density at radius 2 is 1.69 bits per heavy atom. The molecule has 148 valence electrons. The molecule has 0 spiro atoms. The minimum Gasteiger partial charge on any atom is -0.481 e. The first-order chi connectivity index (χ1) is 12.1. The molecule has 0 bridgehead atoms. The molecule has 0 radical (unpaired) electrons. The number of carbonyl (C=O) groups is 1. The lowest BCUT2D eigenvalue weighted by Gasteiger charge is -2.66. The van der Waals surface area contributed by atoms with E-state index < -0.39 is 40.0 Å². The van der Waals surface area contributed by atoms with Crippen LogP contribution in [0.3, 0.4) is 0 Å². The summed E-state index contributed by atoms with van der Waals surface area (Å²) in [5.41, 5.74) is -3.51. The molecule has 0 aromatic carbocycles. The van der Waals surface area contributed by atoms with E-state index in [1.165, 1.54) is 0 Å². The minimum absolute atomic E-state index is 0.0376. The molecule has 0 heterocycles. The third-order valence-electron chi connectivity index (χ3n) is 9.23. The summed E-state index contributed by atoms with van der Waals surface area (Å²) in [6, 6.07) is 0. The predicted octanol–water partition coefficient (Wildman–Crippen LogP) is 1.29. The maximum Gasteiger partial charge on any atom is 0.307 e. The molecule has 6 heteroatoms. The summed E-state index contributed by atoms with van der Waals surface area (Å²) in [7, 11) is 0. The van der Waals surface area contributed by atoms with E-state index in [-0.39, 0.29) is 24.9 Å². The van der Waals surface area contributed by atoms with Gasteiger partial charge in [-0.1, -0.05) is 6.92 Å². The van der Waals surface area contributed by atoms with E-state index in [0.717, 1.165) is 0 Å². The van der Waals surface area contributed by atoms with Gasteiger partial charge in [-0.3, -0.25) is 4.79 Å². The van der Waals surface area contributed by atoms with Crippen molar-refractivity contribution in [2.24, 2.45) is 28.6 Å². The number of carboxylic acids is 1. The molecule has 0 saturated heterocycles. The number of hydrogen-bond donors (Lipinski definition) is 5. The molecular weight excluding hydrogens is 336 g/mol. The third kappa shape index (κ3) is 2.05. The van der Waals surface area contributed by atoms with Gasteiger partial charge in [-0.25, -0.2) is 0 Å². The normalized spacial score (nSPS) is 56.3. The number of aliphatic hydroxyl groups is 4. The summed E-state index contributed by atoms with van der Waals surface area (Å²) >= 11 is 0. The van der Waals surface area contributed by atoms with Crippen LogP contribution in [0.2, 0.25) is 0 Å². The SMILES string of the molecule is C[C@@]12CC[C@@H]3[C@H](CC[C@@]4(O)C[C@H](O)CC[C@]34CO)[C@@]1(O)CC[C@H]2C(=O)O. The van der Waals surface area contributed by atoms with Crippen LogP contribution in [0.1, 0.15) is 64.7 Å². The highest BCUT2D eigenvalue weighted by molar-refractivity contribution is 5.72. The average Bonchev–Trinajstić information content (AvgIpc) is 2.85. The molecule has 0 amide bonds. The van der Waals surface area contributed by atoms with Gasteiger partial charge in [0.1, 0.15) is 0 Å². The van der Waals surface area contributed by atoms with Crippen molar-refractivity contribution in [1.29, 1.82) is 0 Å². The number of fused-ring (bicyclic) bond motifs is 5. The van der Waals surface area contributed by atoms with Crippen LogP contribution in [-0.2, 0) is 4.79 Å². The first-order valence-electron chi connectivity index (χ1n) is 10.1. The van der Waals surface area contributed by atoms with Crippen molar-refractivity contribution in [3.05, 3.63) is 0 Å². The van der Waals surface area contributed by atoms with E-state index in [0.29, 0.717) is 51.4 Å². The van der Waals surface area contributed by atoms with Gasteiger partial charge in [0.15, 0.2) is 0 Å². The summed E-state index contributed by atoms with van der Waals surface area (Å²) in [5, 5.41) is 53.3. The summed E-state index contributed by atoms with van der Waals surface area (Å²) in [6.45, 7) is 1.78. The Morgan fingerprint density at radius 1 is 1.00 bits per heavy atom. The van der Waals surface area contributed by atoms with Crippen molar-refractivity contribution >= 4 is 5.97 Å². The summed E-state index contributed by atoms with van der Waals surface area (Å²) < 4.78 is 0. The molecule has 6 nitrogen and oxygen atoms in total. The van der Waals surface area contributed by atoms with Crippen LogP contribution in [0.5, 0.6) is 0 Å². The first kappa shape index (κ1) is 18.7. The quantitative estimate of drug-likeness (QED) is 0.501. The minimum atomic E-state index is -1.10. The van der Waals surface area contributed by atoms with Crippen molar-refractivity contribution < 1.29 is 30.3 Å². The van der Waals surface area contributed by atoms with Crippen LogP contribution in [-0.4, -0.2) is 55.4 Å². The third-order valence-corrected chi connectivity index (χ3v) is 9.23. The Kier molecular flexibility index (Phi) is 4.06. The molecule has 5 N–H and O–H groups in total. The van der Waals surface area contributed by atoms with Crippen LogP contribution in [0.4, 0.5) is 0 Å². The van der Waals surface area contributed by atoms with E-state index in [1.807, 2.05) is 6.92 Å². The Balaban J connectivity index is 1.74. The van der Waals surface area contributed by atoms with Crippen molar-refractivity contribution in [2.75, 3.05) is 6.61 Å². The lowest BCUT2D eigenvalue weighted by molar-refractivity contribution is -0.270. The molecule has 0 unspecified atom stereocenters. The first-order valence-corrected chi connectivity index (χ1v) is 10.1. The van der Waals surface area contributed by atoms with Crippen LogP contribution in [0.25, 0.3) is 0 Å². The van der Waals surface area contributed by atoms with Crippen LogP contribution in [0.15, 0.2) is 0 Å². The van der Waals surface area contributed by atoms with Gasteiger partial charge in [0.2, 0.25) is 0 Å². The van der Waals surface area contributed by atoms with Gasteiger partial charge in [-0.15, -0.1) is 0 Å². The smallest absolute Gasteiger partial charge is 0.307 e. The van der Waals surface area contributed by atoms with E-state index in [2.05, 4.69) is 0 Å². The van der Waals surface area contributed by atoms with Gasteiger partial charge < -0.3 is 25.5 Å². The largest absolute Gasteiger partial charge is 0.481 e. The zero-order valence-electron chi connectivity index (χ0n) is 15.5. The van der Waals surface area contributed by atoms with Gasteiger partial charge in [-0.2, -0.15) is 0 Å². The highest BCUT2D eigenvalue weighted by Crippen LogP contribution is 2.69. The number of rotatable bonds is 2. The standard InChI is InChI=1S/C20H32O6/c1-17-6-3-13-14(20(17,26)9-5-15(17)16(23)24)4-8-19(25)10-12(22)2-7-18(13,19)11-21/h12-15,21-22,25-26H,2-11H2,1H3,(H,23,24)/t12-,13-,14+,15+,17+,18+,19-,20+/m1/s1. The second kappa shape index (κ2) is 5.66. The fourth-order valence-electron chi connectivity index (χ4n) is 7.73. The monoisotopic (exact) mass is 368 g/mol. The van der Waals surface area contributed by atoms with Crippen molar-refractivity contribution in [3.8, 4) is 0 Å². The molecule has 4 aliphatic rings. The molecule has 0 aliphatic heterocycles. The number of aliphatic carboxylic acids is 1. The molecule has 4 fully saturated rings. The maximum atomic E-state index is 11.8. The van der Waals surface area contributed by atoms with E-state index >= 15 is 0 Å². The highest BCUT2D eigenvalue weighted by atomic mass is 16.4.